The van der Waals surface area contributed by atoms with Gasteiger partial charge in [0.25, 0.3) is 0 Å². The first-order valence-corrected chi connectivity index (χ1v) is 9.46. The molecule has 0 amide bonds. The molecule has 1 aromatic carbocycles. The Balaban J connectivity index is 1.70. The summed E-state index contributed by atoms with van der Waals surface area (Å²) in [6.07, 6.45) is 4.94. The molecule has 5 rings (SSSR count). The molecular weight excluding hydrogens is 318 g/mol. The molecule has 0 unspecified atom stereocenters. The number of likely N-dealkylation sites (tertiary alicyclic amines) is 1. The maximum absolute atomic E-state index is 11.1. The first-order chi connectivity index (χ1) is 12.1. The lowest BCUT2D eigenvalue weighted by Gasteiger charge is -2.60. The van der Waals surface area contributed by atoms with E-state index >= 15 is 0 Å². The fraction of sp³-hybridized carbons (Fsp3) is 0.700. The molecule has 1 aromatic rings. The maximum Gasteiger partial charge on any atom is 0.169 e. The summed E-state index contributed by atoms with van der Waals surface area (Å²) in [5.41, 5.74) is 2.30. The van der Waals surface area contributed by atoms with E-state index in [1.807, 2.05) is 6.07 Å². The summed E-state index contributed by atoms with van der Waals surface area (Å²) < 4.78 is 17.7. The van der Waals surface area contributed by atoms with Gasteiger partial charge >= 0.3 is 0 Å². The van der Waals surface area contributed by atoms with Gasteiger partial charge in [0.2, 0.25) is 0 Å². The number of benzene rings is 1. The molecule has 2 aliphatic heterocycles. The topological polar surface area (TPSA) is 51.2 Å². The number of phenols is 1. The zero-order valence-electron chi connectivity index (χ0n) is 15.1. The number of hydrogen-bond donors (Lipinski definition) is 1. The van der Waals surface area contributed by atoms with E-state index in [2.05, 4.69) is 18.0 Å². The molecule has 1 spiro atoms. The first-order valence-electron chi connectivity index (χ1n) is 9.46. The van der Waals surface area contributed by atoms with Gasteiger partial charge in [-0.3, -0.25) is 0 Å². The Morgan fingerprint density at radius 1 is 1.24 bits per heavy atom. The van der Waals surface area contributed by atoms with Crippen LogP contribution in [-0.4, -0.2) is 55.8 Å². The van der Waals surface area contributed by atoms with E-state index in [0.29, 0.717) is 36.7 Å². The molecule has 2 saturated heterocycles. The van der Waals surface area contributed by atoms with E-state index in [1.165, 1.54) is 5.56 Å². The average Bonchev–Trinajstić information content (AvgIpc) is 3.05. The van der Waals surface area contributed by atoms with Gasteiger partial charge in [-0.25, -0.2) is 0 Å². The highest BCUT2D eigenvalue weighted by molar-refractivity contribution is 5.56. The molecule has 0 aromatic heterocycles. The predicted octanol–water partition coefficient (Wildman–Crippen LogP) is 2.44. The van der Waals surface area contributed by atoms with Gasteiger partial charge in [-0.05, 0) is 50.4 Å². The molecule has 2 bridgehead atoms. The van der Waals surface area contributed by atoms with Crippen molar-refractivity contribution >= 4 is 0 Å². The second-order valence-electron chi connectivity index (χ2n) is 8.24. The van der Waals surface area contributed by atoms with Crippen LogP contribution in [0.5, 0.6) is 11.5 Å². The molecular formula is C20H27NO4. The Labute approximate surface area is 148 Å². The normalized spacial score (nSPS) is 36.1. The Bertz CT molecular complexity index is 699. The Hall–Kier alpha value is -1.30. The number of ether oxygens (including phenoxy) is 3. The van der Waals surface area contributed by atoms with Crippen LogP contribution in [0.2, 0.25) is 0 Å². The zero-order valence-corrected chi connectivity index (χ0v) is 15.1. The van der Waals surface area contributed by atoms with E-state index in [1.54, 1.807) is 7.11 Å². The number of fused-ring (bicyclic) bond motifs is 1. The van der Waals surface area contributed by atoms with Crippen LogP contribution in [0.15, 0.2) is 12.1 Å². The van der Waals surface area contributed by atoms with Crippen LogP contribution in [0, 0.1) is 5.92 Å². The minimum Gasteiger partial charge on any atom is -0.504 e. The molecule has 3 fully saturated rings. The lowest BCUT2D eigenvalue weighted by Crippen LogP contribution is -2.63. The summed E-state index contributed by atoms with van der Waals surface area (Å²) in [6.45, 7) is 2.41. The Kier molecular flexibility index (Phi) is 3.41. The van der Waals surface area contributed by atoms with E-state index in [0.717, 1.165) is 44.2 Å². The summed E-state index contributed by atoms with van der Waals surface area (Å²) in [7, 11) is 3.87. The quantitative estimate of drug-likeness (QED) is 0.847. The summed E-state index contributed by atoms with van der Waals surface area (Å²) in [4.78, 5) is 2.52. The van der Waals surface area contributed by atoms with Crippen molar-refractivity contribution < 1.29 is 19.3 Å². The number of methoxy groups -OCH3 is 1. The highest BCUT2D eigenvalue weighted by Crippen LogP contribution is 2.61. The van der Waals surface area contributed by atoms with Crippen LogP contribution < -0.4 is 4.74 Å². The third-order valence-electron chi connectivity index (χ3n) is 7.26. The highest BCUT2D eigenvalue weighted by atomic mass is 16.7. The van der Waals surface area contributed by atoms with E-state index in [4.69, 9.17) is 14.2 Å². The lowest BCUT2D eigenvalue weighted by molar-refractivity contribution is -0.213. The zero-order chi connectivity index (χ0) is 17.2. The molecule has 5 heteroatoms. The smallest absolute Gasteiger partial charge is 0.169 e. The van der Waals surface area contributed by atoms with E-state index in [9.17, 15) is 5.11 Å². The molecule has 136 valence electrons. The van der Waals surface area contributed by atoms with Crippen molar-refractivity contribution in [3.05, 3.63) is 23.3 Å². The van der Waals surface area contributed by atoms with Gasteiger partial charge in [0.05, 0.1) is 20.3 Å². The minimum atomic E-state index is -0.457. The van der Waals surface area contributed by atoms with E-state index in [-0.39, 0.29) is 5.41 Å². The van der Waals surface area contributed by atoms with Crippen LogP contribution in [-0.2, 0) is 21.3 Å². The van der Waals surface area contributed by atoms with Crippen molar-refractivity contribution in [3.63, 3.8) is 0 Å². The Morgan fingerprint density at radius 2 is 2.04 bits per heavy atom. The second-order valence-corrected chi connectivity index (χ2v) is 8.24. The third-order valence-corrected chi connectivity index (χ3v) is 7.26. The number of phenolic OH excluding ortho intramolecular Hbond substituents is 1. The number of hydrogen-bond acceptors (Lipinski definition) is 5. The minimum absolute atomic E-state index is 0.0774. The van der Waals surface area contributed by atoms with Crippen molar-refractivity contribution in [3.8, 4) is 11.5 Å². The van der Waals surface area contributed by atoms with Gasteiger partial charge in [-0.1, -0.05) is 6.07 Å². The molecule has 0 radical (unpaired) electrons. The standard InChI is InChI=1S/C20H27NO4/c1-21-8-7-19-12-20(24-9-10-25-20)6-5-14(19)15(21)11-13-3-4-16(23-2)18(22)17(13)19/h3-4,14-15,22H,5-12H2,1-2H3/t14-,15+,19+/m1/s1. The van der Waals surface area contributed by atoms with Crippen molar-refractivity contribution in [2.24, 2.45) is 5.92 Å². The van der Waals surface area contributed by atoms with Gasteiger partial charge < -0.3 is 24.2 Å². The van der Waals surface area contributed by atoms with Crippen molar-refractivity contribution in [1.82, 2.24) is 4.90 Å². The lowest BCUT2D eigenvalue weighted by atomic mass is 9.51. The summed E-state index contributed by atoms with van der Waals surface area (Å²) in [6, 6.07) is 4.59. The SMILES string of the molecule is COc1ccc2c(c1O)[C@]13CCN(C)[C@@H](C2)[C@H]1CCC1(C3)OCCO1. The van der Waals surface area contributed by atoms with Crippen LogP contribution in [0.4, 0.5) is 0 Å². The van der Waals surface area contributed by atoms with Gasteiger partial charge in [0, 0.05) is 29.9 Å². The third kappa shape index (κ3) is 2.06. The summed E-state index contributed by atoms with van der Waals surface area (Å²) in [5, 5.41) is 11.1. The molecule has 1 saturated carbocycles. The van der Waals surface area contributed by atoms with Crippen LogP contribution in [0.1, 0.15) is 36.8 Å². The van der Waals surface area contributed by atoms with Crippen LogP contribution in [0.25, 0.3) is 0 Å². The molecule has 2 heterocycles. The molecule has 4 aliphatic rings. The number of rotatable bonds is 1. The molecule has 3 atom stereocenters. The van der Waals surface area contributed by atoms with Crippen molar-refractivity contribution in [2.45, 2.75) is 49.3 Å². The molecule has 2 aliphatic carbocycles. The molecule has 5 nitrogen and oxygen atoms in total. The number of likely N-dealkylation sites (N-methyl/N-ethyl adjacent to an activating group) is 1. The maximum atomic E-state index is 11.1. The number of piperidine rings is 1. The number of nitrogens with zero attached hydrogens (tertiary/aromatic N) is 1. The van der Waals surface area contributed by atoms with Crippen LogP contribution in [0.3, 0.4) is 0 Å². The van der Waals surface area contributed by atoms with Gasteiger partial charge in [0.1, 0.15) is 0 Å². The first kappa shape index (κ1) is 15.9. The number of aromatic hydroxyl groups is 1. The van der Waals surface area contributed by atoms with Gasteiger partial charge in [-0.15, -0.1) is 0 Å². The van der Waals surface area contributed by atoms with Gasteiger partial charge in [-0.2, -0.15) is 0 Å². The van der Waals surface area contributed by atoms with Crippen LogP contribution >= 0.6 is 0 Å². The monoisotopic (exact) mass is 345 g/mol. The Morgan fingerprint density at radius 3 is 2.80 bits per heavy atom. The van der Waals surface area contributed by atoms with E-state index < -0.39 is 5.79 Å². The fourth-order valence-electron chi connectivity index (χ4n) is 6.20. The van der Waals surface area contributed by atoms with Gasteiger partial charge in [0.15, 0.2) is 17.3 Å². The summed E-state index contributed by atoms with van der Waals surface area (Å²) in [5.74, 6) is 0.997. The largest absolute Gasteiger partial charge is 0.504 e. The second kappa shape index (κ2) is 5.35. The highest BCUT2D eigenvalue weighted by Gasteiger charge is 2.61. The average molecular weight is 345 g/mol. The summed E-state index contributed by atoms with van der Waals surface area (Å²) >= 11 is 0. The van der Waals surface area contributed by atoms with Crippen molar-refractivity contribution in [2.75, 3.05) is 33.9 Å². The fourth-order valence-corrected chi connectivity index (χ4v) is 6.20. The van der Waals surface area contributed by atoms with Crippen molar-refractivity contribution in [1.29, 1.82) is 0 Å². The predicted molar refractivity (Wildman–Crippen MR) is 93.1 cm³/mol. The molecule has 25 heavy (non-hydrogen) atoms. The molecule has 1 N–H and O–H groups in total.